The summed E-state index contributed by atoms with van der Waals surface area (Å²) in [6.45, 7) is 6.05. The van der Waals surface area contributed by atoms with Gasteiger partial charge in [-0.2, -0.15) is 0 Å². The van der Waals surface area contributed by atoms with Crippen molar-refractivity contribution < 1.29 is 14.4 Å². The predicted molar refractivity (Wildman–Crippen MR) is 133 cm³/mol. The van der Waals surface area contributed by atoms with E-state index in [0.29, 0.717) is 34.7 Å². The van der Waals surface area contributed by atoms with Crippen LogP contribution >= 0.6 is 0 Å². The lowest BCUT2D eigenvalue weighted by molar-refractivity contribution is 0.391. The molecule has 0 spiro atoms. The van der Waals surface area contributed by atoms with Crippen LogP contribution in [0.1, 0.15) is 36.7 Å². The maximum atomic E-state index is 13.0. The number of nitrogens with zero attached hydrogens (tertiary/aromatic N) is 2. The highest BCUT2D eigenvalue weighted by Crippen LogP contribution is 2.34. The molecule has 2 heterocycles. The van der Waals surface area contributed by atoms with Crippen LogP contribution in [0.4, 0.5) is 0 Å². The zero-order valence-corrected chi connectivity index (χ0v) is 19.3. The maximum Gasteiger partial charge on any atom is 0.264 e. The minimum absolute atomic E-state index is 0.0178. The molecule has 0 radical (unpaired) electrons. The molecule has 174 valence electrons. The lowest BCUT2D eigenvalue weighted by Gasteiger charge is -2.16. The second-order valence-corrected chi connectivity index (χ2v) is 7.97. The number of benzene rings is 2. The number of rotatable bonds is 8. The first-order valence-electron chi connectivity index (χ1n) is 11.2. The maximum absolute atomic E-state index is 13.0. The van der Waals surface area contributed by atoms with Crippen LogP contribution in [0.3, 0.4) is 0 Å². The molecule has 0 unspecified atom stereocenters. The second-order valence-electron chi connectivity index (χ2n) is 7.97. The summed E-state index contributed by atoms with van der Waals surface area (Å²) in [4.78, 5) is 20.1. The van der Waals surface area contributed by atoms with Crippen LogP contribution in [0, 0.1) is 0 Å². The molecule has 4 rings (SSSR count). The van der Waals surface area contributed by atoms with Crippen LogP contribution in [0.25, 0.3) is 22.1 Å². The molecule has 0 aliphatic heterocycles. The van der Waals surface area contributed by atoms with Crippen LogP contribution in [-0.2, 0) is 17.6 Å². The number of para-hydroxylation sites is 1. The number of aromatic amines is 1. The van der Waals surface area contributed by atoms with Crippen LogP contribution in [0.2, 0.25) is 0 Å². The molecule has 34 heavy (non-hydrogen) atoms. The Balaban J connectivity index is 1.69. The Bertz CT molecular complexity index is 1400. The van der Waals surface area contributed by atoms with Crippen LogP contribution in [-0.4, -0.2) is 28.2 Å². The normalized spacial score (nSPS) is 11.6. The van der Waals surface area contributed by atoms with Gasteiger partial charge >= 0.3 is 0 Å². The zero-order chi connectivity index (χ0) is 24.1. The van der Waals surface area contributed by atoms with E-state index in [1.54, 1.807) is 0 Å². The fraction of sp³-hybridized carbons (Fsp3) is 0.222. The van der Waals surface area contributed by atoms with Crippen LogP contribution < -0.4 is 5.56 Å². The third-order valence-corrected chi connectivity index (χ3v) is 5.58. The molecule has 0 saturated heterocycles. The van der Waals surface area contributed by atoms with Crippen molar-refractivity contribution in [2.75, 3.05) is 7.05 Å². The van der Waals surface area contributed by atoms with Crippen molar-refractivity contribution in [3.8, 4) is 16.9 Å². The molecule has 2 aromatic heterocycles. The average Bonchev–Trinajstić information content (AvgIpc) is 3.25. The third-order valence-electron chi connectivity index (χ3n) is 5.58. The molecule has 0 amide bonds. The number of aromatic nitrogens is 2. The van der Waals surface area contributed by atoms with Gasteiger partial charge in [-0.3, -0.25) is 9.79 Å². The molecule has 7 heteroatoms. The van der Waals surface area contributed by atoms with E-state index in [1.807, 2.05) is 54.6 Å². The Morgan fingerprint density at radius 1 is 1.18 bits per heavy atom. The number of fused-ring (bicyclic) bond motifs is 1. The number of aliphatic imine (C=N–C) groups is 1. The highest BCUT2D eigenvalue weighted by atomic mass is 16.5. The number of hydrogen-bond donors (Lipinski definition) is 2. The Kier molecular flexibility index (Phi) is 6.92. The number of ether oxygens (including phenoxy) is 1. The molecule has 2 aromatic carbocycles. The molecule has 4 aromatic rings. The number of aryl methyl sites for hydroxylation is 1. The quantitative estimate of drug-likeness (QED) is 0.210. The molecular weight excluding hydrogens is 430 g/mol. The molecule has 0 aliphatic carbocycles. The van der Waals surface area contributed by atoms with E-state index in [2.05, 4.69) is 28.6 Å². The molecule has 0 fully saturated rings. The first kappa shape index (κ1) is 23.0. The average molecular weight is 458 g/mol. The minimum atomic E-state index is -0.469. The van der Waals surface area contributed by atoms with Crippen LogP contribution in [0.15, 0.2) is 81.2 Å². The van der Waals surface area contributed by atoms with Gasteiger partial charge in [-0.1, -0.05) is 67.5 Å². The minimum Gasteiger partial charge on any atom is -0.506 e. The predicted octanol–water partition coefficient (Wildman–Crippen LogP) is 5.38. The highest BCUT2D eigenvalue weighted by Gasteiger charge is 2.24. The monoisotopic (exact) mass is 457 g/mol. The molecule has 0 atom stereocenters. The van der Waals surface area contributed by atoms with Crippen molar-refractivity contribution in [2.24, 2.45) is 4.99 Å². The van der Waals surface area contributed by atoms with Gasteiger partial charge in [0.05, 0.1) is 12.1 Å². The van der Waals surface area contributed by atoms with Crippen molar-refractivity contribution in [1.29, 1.82) is 0 Å². The van der Waals surface area contributed by atoms with Gasteiger partial charge < -0.3 is 19.4 Å². The van der Waals surface area contributed by atoms with E-state index in [4.69, 9.17) is 9.26 Å². The van der Waals surface area contributed by atoms with Gasteiger partial charge in [0.15, 0.2) is 5.58 Å². The summed E-state index contributed by atoms with van der Waals surface area (Å²) in [5.41, 5.74) is 2.88. The van der Waals surface area contributed by atoms with Crippen molar-refractivity contribution >= 4 is 16.9 Å². The van der Waals surface area contributed by atoms with Gasteiger partial charge in [-0.15, -0.1) is 0 Å². The summed E-state index contributed by atoms with van der Waals surface area (Å²) in [6, 6.07) is 17.0. The third kappa shape index (κ3) is 4.64. The Hall–Kier alpha value is -4.13. The molecule has 0 saturated carbocycles. The second kappa shape index (κ2) is 10.2. The van der Waals surface area contributed by atoms with Crippen molar-refractivity contribution in [3.63, 3.8) is 0 Å². The van der Waals surface area contributed by atoms with Crippen molar-refractivity contribution in [3.05, 3.63) is 94.2 Å². The smallest absolute Gasteiger partial charge is 0.264 e. The van der Waals surface area contributed by atoms with Crippen LogP contribution in [0.5, 0.6) is 5.75 Å². The summed E-state index contributed by atoms with van der Waals surface area (Å²) >= 11 is 0. The topological polar surface area (TPSA) is 101 Å². The Morgan fingerprint density at radius 3 is 2.65 bits per heavy atom. The summed E-state index contributed by atoms with van der Waals surface area (Å²) in [5.74, 6) is 0.131. The van der Waals surface area contributed by atoms with E-state index in [9.17, 15) is 9.90 Å². The summed E-state index contributed by atoms with van der Waals surface area (Å²) in [7, 11) is 1.50. The number of allylic oxidation sites excluding steroid dienone is 1. The number of nitrogens with one attached hydrogen (secondary N) is 1. The van der Waals surface area contributed by atoms with Crippen molar-refractivity contribution in [2.45, 2.75) is 32.6 Å². The molecule has 0 aliphatic rings. The fourth-order valence-electron chi connectivity index (χ4n) is 3.93. The largest absolute Gasteiger partial charge is 0.506 e. The molecule has 0 bridgehead atoms. The van der Waals surface area contributed by atoms with Gasteiger partial charge in [0.1, 0.15) is 17.1 Å². The van der Waals surface area contributed by atoms with E-state index < -0.39 is 5.56 Å². The number of pyridine rings is 1. The summed E-state index contributed by atoms with van der Waals surface area (Å²) in [6.07, 6.45) is 2.73. The van der Waals surface area contributed by atoms with Gasteiger partial charge in [-0.05, 0) is 30.5 Å². The van der Waals surface area contributed by atoms with Gasteiger partial charge in [-0.25, -0.2) is 0 Å². The fourth-order valence-corrected chi connectivity index (χ4v) is 3.93. The number of hydrogen-bond acceptors (Lipinski definition) is 6. The van der Waals surface area contributed by atoms with E-state index in [0.717, 1.165) is 23.8 Å². The molecule has 2 N–H and O–H groups in total. The van der Waals surface area contributed by atoms with E-state index in [-0.39, 0.29) is 23.6 Å². The lowest BCUT2D eigenvalue weighted by atomic mass is 9.97. The highest BCUT2D eigenvalue weighted by molar-refractivity contribution is 5.99. The SMILES string of the molecule is C=C(Cc1noc2ccccc12)OC(=NC)c1c(O)c(-c2ccccc2)c(CCCC)[nH]c1=O. The first-order valence-corrected chi connectivity index (χ1v) is 11.2. The van der Waals surface area contributed by atoms with Gasteiger partial charge in [0.25, 0.3) is 5.56 Å². The van der Waals surface area contributed by atoms with E-state index in [1.165, 1.54) is 7.05 Å². The Labute approximate surface area is 197 Å². The summed E-state index contributed by atoms with van der Waals surface area (Å²) in [5, 5.41) is 16.2. The Morgan fingerprint density at radius 2 is 1.91 bits per heavy atom. The lowest BCUT2D eigenvalue weighted by Crippen LogP contribution is -2.23. The summed E-state index contributed by atoms with van der Waals surface area (Å²) < 4.78 is 11.2. The number of aromatic hydroxyl groups is 1. The van der Waals surface area contributed by atoms with Gasteiger partial charge in [0.2, 0.25) is 5.90 Å². The zero-order valence-electron chi connectivity index (χ0n) is 19.3. The van der Waals surface area contributed by atoms with E-state index >= 15 is 0 Å². The molecular formula is C27H27N3O4. The standard InChI is InChI=1S/C27H27N3O4/c1-4-5-14-20-23(18-11-7-6-8-12-18)25(31)24(26(32)29-20)27(28-3)33-17(2)16-21-19-13-9-10-15-22(19)34-30-21/h6-13,15H,2,4-5,14,16H2,1,3H3,(H2,29,31,32). The molecule has 7 nitrogen and oxygen atoms in total. The first-order chi connectivity index (χ1) is 16.5. The van der Waals surface area contributed by atoms with Crippen molar-refractivity contribution in [1.82, 2.24) is 10.1 Å². The van der Waals surface area contributed by atoms with Gasteiger partial charge in [0, 0.05) is 23.7 Å². The number of H-pyrrole nitrogens is 1. The number of unbranched alkanes of at least 4 members (excludes halogenated alkanes) is 1.